The first-order chi connectivity index (χ1) is 20.7. The number of amides is 4. The summed E-state index contributed by atoms with van der Waals surface area (Å²) in [5, 5.41) is 1.40. The van der Waals surface area contributed by atoms with Crippen LogP contribution in [0.2, 0.25) is 0 Å². The molecule has 256 valence electrons. The van der Waals surface area contributed by atoms with E-state index in [0.29, 0.717) is 21.6 Å². The van der Waals surface area contributed by atoms with Gasteiger partial charge in [0.05, 0.1) is 0 Å². The Kier molecular flexibility index (Phi) is 15.6. The van der Waals surface area contributed by atoms with Crippen molar-refractivity contribution in [3.8, 4) is 0 Å². The largest absolute Gasteiger partial charge is 0.274 e. The molecule has 0 aliphatic rings. The molecule has 0 aromatic rings. The molecule has 20 heteroatoms. The maximum atomic E-state index is 13.0. The van der Waals surface area contributed by atoms with Gasteiger partial charge in [-0.25, -0.2) is 50.9 Å². The van der Waals surface area contributed by atoms with Gasteiger partial charge in [-0.2, -0.15) is 0 Å². The molecule has 0 radical (unpaired) electrons. The number of rotatable bonds is 20. The van der Waals surface area contributed by atoms with Crippen LogP contribution in [0.15, 0.2) is 47.9 Å². The molecule has 0 saturated heterocycles. The minimum atomic E-state index is -4.79. The van der Waals surface area contributed by atoms with E-state index in [9.17, 15) is 52.8 Å². The number of carbonyl (C=O) groups is 4. The second-order valence-electron chi connectivity index (χ2n) is 8.91. The van der Waals surface area contributed by atoms with Gasteiger partial charge in [0.2, 0.25) is 23.6 Å². The van der Waals surface area contributed by atoms with Crippen LogP contribution >= 0.6 is 0 Å². The Hall–Kier alpha value is -3.36. The lowest BCUT2D eigenvalue weighted by Crippen LogP contribution is -2.57. The summed E-state index contributed by atoms with van der Waals surface area (Å²) < 4.78 is 105. The lowest BCUT2D eigenvalue weighted by Gasteiger charge is -2.39. The monoisotopic (exact) mass is 716 g/mol. The van der Waals surface area contributed by atoms with Crippen molar-refractivity contribution in [1.82, 2.24) is 17.2 Å². The van der Waals surface area contributed by atoms with Gasteiger partial charge in [0, 0.05) is 47.3 Å². The van der Waals surface area contributed by atoms with E-state index < -0.39 is 121 Å². The first-order valence-corrected chi connectivity index (χ1v) is 19.5. The fraction of sp³-hybridized carbons (Fsp3) is 0.520. The van der Waals surface area contributed by atoms with Crippen LogP contribution in [0, 0.1) is 0 Å². The molecule has 4 amide bonds. The zero-order chi connectivity index (χ0) is 35.6. The molecule has 0 spiro atoms. The first kappa shape index (κ1) is 41.6. The first-order valence-electron chi connectivity index (χ1n) is 13.4. The third kappa shape index (κ3) is 9.81. The van der Waals surface area contributed by atoms with Gasteiger partial charge in [0.25, 0.3) is 40.1 Å². The summed E-state index contributed by atoms with van der Waals surface area (Å²) in [6, 6.07) is 0. The molecule has 0 rings (SSSR count). The maximum Gasteiger partial charge on any atom is 0.260 e. The van der Waals surface area contributed by atoms with E-state index in [1.165, 1.54) is 27.7 Å². The zero-order valence-corrected chi connectivity index (χ0v) is 28.8. The highest BCUT2D eigenvalue weighted by molar-refractivity contribution is 7.94. The van der Waals surface area contributed by atoms with Crippen LogP contribution in [0.4, 0.5) is 0 Å². The van der Waals surface area contributed by atoms with Gasteiger partial charge in [-0.3, -0.25) is 19.2 Å². The average Bonchev–Trinajstić information content (AvgIpc) is 2.99. The Morgan fingerprint density at radius 3 is 0.778 bits per heavy atom. The highest BCUT2D eigenvalue weighted by atomic mass is 32.2. The Morgan fingerprint density at radius 1 is 0.467 bits per heavy atom. The molecule has 0 aliphatic carbocycles. The van der Waals surface area contributed by atoms with Crippen LogP contribution < -0.4 is 0 Å². The SMILES string of the molecule is C=CS(=O)(=O)N(C(=O)CC)C(CCCC(N(C(=O)CC)S(=O)(=O)C=C)N(C(=O)CC)S(=O)(=O)C=C)N(C(=O)CC)S(=O)(=O)C=C. The van der Waals surface area contributed by atoms with Crippen LogP contribution in [0.5, 0.6) is 0 Å². The van der Waals surface area contributed by atoms with Crippen molar-refractivity contribution in [1.29, 1.82) is 0 Å². The molecule has 45 heavy (non-hydrogen) atoms. The fourth-order valence-electron chi connectivity index (χ4n) is 4.00. The highest BCUT2D eigenvalue weighted by Crippen LogP contribution is 2.28. The molecule has 0 aromatic carbocycles. The third-order valence-electron chi connectivity index (χ3n) is 6.14. The molecule has 0 heterocycles. The number of nitrogens with zero attached hydrogens (tertiary/aromatic N) is 4. The van der Waals surface area contributed by atoms with Crippen LogP contribution in [-0.4, -0.2) is 86.9 Å². The minimum Gasteiger partial charge on any atom is -0.274 e. The summed E-state index contributed by atoms with van der Waals surface area (Å²) in [5.41, 5.74) is 0. The van der Waals surface area contributed by atoms with Crippen molar-refractivity contribution >= 4 is 63.7 Å². The molecule has 0 aliphatic heterocycles. The number of hydrogen-bond acceptors (Lipinski definition) is 12. The zero-order valence-electron chi connectivity index (χ0n) is 25.6. The smallest absolute Gasteiger partial charge is 0.260 e. The molecule has 0 fully saturated rings. The second kappa shape index (κ2) is 16.8. The summed E-state index contributed by atoms with van der Waals surface area (Å²) >= 11 is 0. The number of sulfonamides is 4. The van der Waals surface area contributed by atoms with Gasteiger partial charge < -0.3 is 0 Å². The molecule has 0 saturated carbocycles. The van der Waals surface area contributed by atoms with Crippen molar-refractivity contribution in [2.75, 3.05) is 0 Å². The van der Waals surface area contributed by atoms with E-state index in [-0.39, 0.29) is 17.2 Å². The average molecular weight is 717 g/mol. The summed E-state index contributed by atoms with van der Waals surface area (Å²) in [6.45, 7) is 17.6. The maximum absolute atomic E-state index is 13.0. The van der Waals surface area contributed by atoms with E-state index in [1.54, 1.807) is 0 Å². The predicted molar refractivity (Wildman–Crippen MR) is 166 cm³/mol. The lowest BCUT2D eigenvalue weighted by molar-refractivity contribution is -0.135. The van der Waals surface area contributed by atoms with Gasteiger partial charge in [0.1, 0.15) is 12.3 Å². The lowest BCUT2D eigenvalue weighted by atomic mass is 10.1. The van der Waals surface area contributed by atoms with E-state index in [2.05, 4.69) is 26.3 Å². The molecular formula is C25H40N4O12S4. The Labute approximate surface area is 265 Å². The van der Waals surface area contributed by atoms with Crippen LogP contribution in [-0.2, 0) is 59.3 Å². The molecule has 0 atom stereocenters. The summed E-state index contributed by atoms with van der Waals surface area (Å²) in [7, 11) is -19.2. The number of hydrogen-bond donors (Lipinski definition) is 0. The van der Waals surface area contributed by atoms with Crippen molar-refractivity contribution in [3.05, 3.63) is 47.9 Å². The van der Waals surface area contributed by atoms with Gasteiger partial charge >= 0.3 is 0 Å². The van der Waals surface area contributed by atoms with Crippen molar-refractivity contribution in [2.45, 2.75) is 85.0 Å². The van der Waals surface area contributed by atoms with Crippen LogP contribution in [0.1, 0.15) is 72.6 Å². The molecular weight excluding hydrogens is 677 g/mol. The molecule has 0 N–H and O–H groups in total. The Bertz CT molecular complexity index is 1380. The molecule has 0 bridgehead atoms. The summed E-state index contributed by atoms with van der Waals surface area (Å²) in [5.74, 6) is -4.62. The van der Waals surface area contributed by atoms with Gasteiger partial charge in [0.15, 0.2) is 0 Å². The van der Waals surface area contributed by atoms with Gasteiger partial charge in [-0.05, 0) is 19.3 Å². The molecule has 0 unspecified atom stereocenters. The van der Waals surface area contributed by atoms with E-state index in [1.807, 2.05) is 0 Å². The second-order valence-corrected chi connectivity index (χ2v) is 15.9. The molecule has 0 aromatic heterocycles. The normalized spacial score (nSPS) is 12.2. The van der Waals surface area contributed by atoms with Gasteiger partial charge in [-0.1, -0.05) is 54.0 Å². The standard InChI is InChI=1S/C25H40N4O12S4/c1-9-22(30)26(42(34,35)13-5)20(27(23(31)10-2)43(36,37)14-6)18-17-19-21(28(24(32)11-3)44(38,39)15-7)29(25(33)12-4)45(40,41)16-8/h13-16,20-21H,5-12,17-19H2,1-4H3. The van der Waals surface area contributed by atoms with Crippen LogP contribution in [0.25, 0.3) is 0 Å². The number of carbonyl (C=O) groups excluding carboxylic acids is 4. The van der Waals surface area contributed by atoms with Gasteiger partial charge in [-0.15, -0.1) is 0 Å². The third-order valence-corrected chi connectivity index (χ3v) is 11.8. The van der Waals surface area contributed by atoms with Crippen LogP contribution in [0.3, 0.4) is 0 Å². The highest BCUT2D eigenvalue weighted by Gasteiger charge is 2.44. The summed E-state index contributed by atoms with van der Waals surface area (Å²) in [6.07, 6.45) is -8.25. The van der Waals surface area contributed by atoms with Crippen molar-refractivity contribution in [3.63, 3.8) is 0 Å². The summed E-state index contributed by atoms with van der Waals surface area (Å²) in [4.78, 5) is 51.8. The predicted octanol–water partition coefficient (Wildman–Crippen LogP) is 1.66. The quantitative estimate of drug-likeness (QED) is 0.164. The topological polar surface area (TPSA) is 218 Å². The van der Waals surface area contributed by atoms with E-state index in [0.717, 1.165) is 0 Å². The Balaban J connectivity index is 7.66. The molecule has 16 nitrogen and oxygen atoms in total. The fourth-order valence-corrected chi connectivity index (χ4v) is 8.57. The Morgan fingerprint density at radius 2 is 0.644 bits per heavy atom. The van der Waals surface area contributed by atoms with Crippen molar-refractivity contribution < 1.29 is 52.8 Å². The van der Waals surface area contributed by atoms with E-state index in [4.69, 9.17) is 0 Å². The van der Waals surface area contributed by atoms with Crippen molar-refractivity contribution in [2.24, 2.45) is 0 Å². The van der Waals surface area contributed by atoms with E-state index >= 15 is 0 Å². The minimum absolute atomic E-state index is 0.120.